The minimum Gasteiger partial charge on any atom is -0.379 e. The van der Waals surface area contributed by atoms with Gasteiger partial charge in [0.25, 0.3) is 10.0 Å². The number of hydrogen-bond acceptors (Lipinski definition) is 5. The molecule has 0 aliphatic carbocycles. The van der Waals surface area contributed by atoms with Gasteiger partial charge in [-0.25, -0.2) is 13.4 Å². The van der Waals surface area contributed by atoms with Crippen LogP contribution in [0.3, 0.4) is 0 Å². The number of aryl methyl sites for hydroxylation is 1. The molecule has 1 aromatic rings. The Morgan fingerprint density at radius 1 is 1.37 bits per heavy atom. The summed E-state index contributed by atoms with van der Waals surface area (Å²) in [7, 11) is -3.54. The van der Waals surface area contributed by atoms with Crippen molar-refractivity contribution < 1.29 is 13.2 Å². The highest BCUT2D eigenvalue weighted by atomic mass is 32.2. The van der Waals surface area contributed by atoms with E-state index in [-0.39, 0.29) is 4.90 Å². The van der Waals surface area contributed by atoms with Crippen molar-refractivity contribution >= 4 is 10.0 Å². The Bertz CT molecular complexity index is 539. The topological polar surface area (TPSA) is 84.7 Å². The number of morpholine rings is 1. The molecule has 2 rings (SSSR count). The van der Waals surface area contributed by atoms with Crippen molar-refractivity contribution in [2.75, 3.05) is 26.3 Å². The number of hydrogen-bond donors (Lipinski definition) is 2. The Balaban J connectivity index is 2.18. The first-order valence-electron chi connectivity index (χ1n) is 6.17. The molecule has 0 amide bonds. The van der Waals surface area contributed by atoms with Crippen LogP contribution in [0, 0.1) is 6.92 Å². The van der Waals surface area contributed by atoms with Crippen molar-refractivity contribution in [1.82, 2.24) is 9.84 Å². The second-order valence-corrected chi connectivity index (χ2v) is 6.13. The van der Waals surface area contributed by atoms with Crippen LogP contribution in [0.2, 0.25) is 0 Å². The number of sulfonamides is 1. The molecule has 0 atom stereocenters. The van der Waals surface area contributed by atoms with Crippen LogP contribution in [0.25, 0.3) is 0 Å². The number of rotatable bonds is 4. The molecule has 6 nitrogen and oxygen atoms in total. The molecule has 0 aromatic heterocycles. The predicted molar refractivity (Wildman–Crippen MR) is 71.8 cm³/mol. The number of nitrogens with one attached hydrogen (secondary N) is 1. The molecule has 1 fully saturated rings. The van der Waals surface area contributed by atoms with Gasteiger partial charge in [0.2, 0.25) is 0 Å². The molecule has 0 radical (unpaired) electrons. The van der Waals surface area contributed by atoms with Gasteiger partial charge in [0.05, 0.1) is 18.1 Å². The molecule has 1 saturated heterocycles. The summed E-state index contributed by atoms with van der Waals surface area (Å²) in [6, 6.07) is 5.13. The van der Waals surface area contributed by atoms with E-state index in [2.05, 4.69) is 4.83 Å². The summed E-state index contributed by atoms with van der Waals surface area (Å²) in [5, 5.41) is 1.66. The van der Waals surface area contributed by atoms with E-state index in [4.69, 9.17) is 10.5 Å². The Labute approximate surface area is 113 Å². The van der Waals surface area contributed by atoms with Crippen LogP contribution in [0.1, 0.15) is 11.1 Å². The highest BCUT2D eigenvalue weighted by Gasteiger charge is 2.21. The van der Waals surface area contributed by atoms with E-state index >= 15 is 0 Å². The largest absolute Gasteiger partial charge is 0.379 e. The first kappa shape index (κ1) is 14.4. The third kappa shape index (κ3) is 3.52. The van der Waals surface area contributed by atoms with Crippen LogP contribution in [0.4, 0.5) is 0 Å². The van der Waals surface area contributed by atoms with Crippen molar-refractivity contribution in [2.45, 2.75) is 18.4 Å². The molecular formula is C12H19N3O3S. The Kier molecular flexibility index (Phi) is 4.54. The van der Waals surface area contributed by atoms with Crippen LogP contribution in [-0.4, -0.2) is 39.7 Å². The minimum absolute atomic E-state index is 0.288. The van der Waals surface area contributed by atoms with Crippen molar-refractivity contribution in [2.24, 2.45) is 5.73 Å². The van der Waals surface area contributed by atoms with Crippen LogP contribution in [-0.2, 0) is 21.3 Å². The van der Waals surface area contributed by atoms with Gasteiger partial charge in [0.1, 0.15) is 0 Å². The SMILES string of the molecule is Cc1cc(CN)ccc1S(=O)(=O)NN1CCOCC1. The Morgan fingerprint density at radius 3 is 2.63 bits per heavy atom. The fourth-order valence-electron chi connectivity index (χ4n) is 2.01. The Hall–Kier alpha value is -0.990. The summed E-state index contributed by atoms with van der Waals surface area (Å²) < 4.78 is 29.8. The fraction of sp³-hybridized carbons (Fsp3) is 0.500. The van der Waals surface area contributed by atoms with E-state index in [1.54, 1.807) is 30.1 Å². The lowest BCUT2D eigenvalue weighted by atomic mass is 10.1. The average molecular weight is 285 g/mol. The fourth-order valence-corrected chi connectivity index (χ4v) is 3.36. The molecule has 1 aliphatic heterocycles. The highest BCUT2D eigenvalue weighted by Crippen LogP contribution is 2.17. The van der Waals surface area contributed by atoms with Gasteiger partial charge in [-0.15, -0.1) is 4.83 Å². The van der Waals surface area contributed by atoms with Gasteiger partial charge in [-0.2, -0.15) is 0 Å². The van der Waals surface area contributed by atoms with Crippen molar-refractivity contribution in [3.8, 4) is 0 Å². The first-order valence-corrected chi connectivity index (χ1v) is 7.66. The van der Waals surface area contributed by atoms with Gasteiger partial charge in [0.15, 0.2) is 0 Å². The van der Waals surface area contributed by atoms with Crippen LogP contribution in [0.5, 0.6) is 0 Å². The number of nitrogens with zero attached hydrogens (tertiary/aromatic N) is 1. The van der Waals surface area contributed by atoms with E-state index < -0.39 is 10.0 Å². The molecular weight excluding hydrogens is 266 g/mol. The summed E-state index contributed by atoms with van der Waals surface area (Å²) >= 11 is 0. The maximum absolute atomic E-state index is 12.3. The molecule has 3 N–H and O–H groups in total. The zero-order valence-electron chi connectivity index (χ0n) is 10.9. The highest BCUT2D eigenvalue weighted by molar-refractivity contribution is 7.89. The van der Waals surface area contributed by atoms with E-state index in [9.17, 15) is 8.42 Å². The third-order valence-electron chi connectivity index (χ3n) is 3.02. The molecule has 0 spiro atoms. The maximum Gasteiger partial charge on any atom is 0.253 e. The molecule has 1 heterocycles. The second-order valence-electron chi connectivity index (χ2n) is 4.50. The standard InChI is InChI=1S/C12H19N3O3S/c1-10-8-11(9-13)2-3-12(10)19(16,17)14-15-4-6-18-7-5-15/h2-3,8,14H,4-7,9,13H2,1H3. The van der Waals surface area contributed by atoms with Crippen LogP contribution >= 0.6 is 0 Å². The van der Waals surface area contributed by atoms with Crippen molar-refractivity contribution in [3.05, 3.63) is 29.3 Å². The molecule has 0 bridgehead atoms. The zero-order valence-corrected chi connectivity index (χ0v) is 11.7. The lowest BCUT2D eigenvalue weighted by Crippen LogP contribution is -2.48. The van der Waals surface area contributed by atoms with Gasteiger partial charge in [-0.3, -0.25) is 0 Å². The van der Waals surface area contributed by atoms with E-state index in [0.717, 1.165) is 5.56 Å². The van der Waals surface area contributed by atoms with Gasteiger partial charge in [-0.1, -0.05) is 12.1 Å². The summed E-state index contributed by atoms with van der Waals surface area (Å²) in [6.07, 6.45) is 0. The molecule has 19 heavy (non-hydrogen) atoms. The second kappa shape index (κ2) is 5.98. The van der Waals surface area contributed by atoms with Crippen molar-refractivity contribution in [3.63, 3.8) is 0 Å². The lowest BCUT2D eigenvalue weighted by molar-refractivity contribution is 0.0272. The minimum atomic E-state index is -3.54. The monoisotopic (exact) mass is 285 g/mol. The summed E-state index contributed by atoms with van der Waals surface area (Å²) in [6.45, 7) is 4.35. The Morgan fingerprint density at radius 2 is 2.05 bits per heavy atom. The number of nitrogens with two attached hydrogens (primary N) is 1. The number of benzene rings is 1. The molecule has 106 valence electrons. The molecule has 7 heteroatoms. The van der Waals surface area contributed by atoms with E-state index in [1.807, 2.05) is 0 Å². The summed E-state index contributed by atoms with van der Waals surface area (Å²) in [5.74, 6) is 0. The molecule has 0 unspecified atom stereocenters. The quantitative estimate of drug-likeness (QED) is 0.812. The summed E-state index contributed by atoms with van der Waals surface area (Å²) in [4.78, 5) is 2.87. The van der Waals surface area contributed by atoms with Crippen LogP contribution < -0.4 is 10.6 Å². The van der Waals surface area contributed by atoms with Gasteiger partial charge >= 0.3 is 0 Å². The van der Waals surface area contributed by atoms with Crippen LogP contribution in [0.15, 0.2) is 23.1 Å². The predicted octanol–water partition coefficient (Wildman–Crippen LogP) is -0.0208. The zero-order chi connectivity index (χ0) is 13.9. The van der Waals surface area contributed by atoms with E-state index in [1.165, 1.54) is 0 Å². The summed E-state index contributed by atoms with van der Waals surface area (Å²) in [5.41, 5.74) is 7.16. The molecule has 1 aromatic carbocycles. The molecule has 0 saturated carbocycles. The van der Waals surface area contributed by atoms with Crippen molar-refractivity contribution in [1.29, 1.82) is 0 Å². The first-order chi connectivity index (χ1) is 9.03. The third-order valence-corrected chi connectivity index (χ3v) is 4.56. The van der Waals surface area contributed by atoms with Gasteiger partial charge in [-0.05, 0) is 24.1 Å². The number of hydrazine groups is 1. The molecule has 1 aliphatic rings. The van der Waals surface area contributed by atoms with Gasteiger partial charge in [0, 0.05) is 19.6 Å². The normalized spacial score (nSPS) is 17.6. The van der Waals surface area contributed by atoms with E-state index in [0.29, 0.717) is 38.4 Å². The smallest absolute Gasteiger partial charge is 0.253 e. The average Bonchev–Trinajstić information content (AvgIpc) is 2.38. The number of ether oxygens (including phenoxy) is 1. The lowest BCUT2D eigenvalue weighted by Gasteiger charge is -2.27. The maximum atomic E-state index is 12.3. The van der Waals surface area contributed by atoms with Gasteiger partial charge < -0.3 is 10.5 Å².